The molecule has 0 N–H and O–H groups in total. The van der Waals surface area contributed by atoms with Crippen molar-refractivity contribution in [2.75, 3.05) is 17.1 Å². The van der Waals surface area contributed by atoms with Crippen molar-refractivity contribution in [2.45, 2.75) is 70.6 Å². The number of rotatable bonds is 6. The van der Waals surface area contributed by atoms with Crippen LogP contribution in [0.5, 0.6) is 0 Å². The van der Waals surface area contributed by atoms with Crippen LogP contribution in [-0.2, 0) is 31.6 Å². The predicted octanol–water partition coefficient (Wildman–Crippen LogP) is 5.76. The molecule has 0 aliphatic heterocycles. The highest BCUT2D eigenvalue weighted by Crippen LogP contribution is 2.49. The average Bonchev–Trinajstić information content (AvgIpc) is 2.65. The fraction of sp³-hybridized carbons (Fsp3) is 0.519. The van der Waals surface area contributed by atoms with E-state index in [-0.39, 0.29) is 27.5 Å². The SMILES string of the molecule is Cc1ccc(S(=O)(=O)C[S+](C)CC(=O)c2cc3c(cc2C)C(C)(C)C(C)CC3(C)C)cc1. The molecule has 2 unspecified atom stereocenters. The van der Waals surface area contributed by atoms with Crippen LogP contribution in [0.4, 0.5) is 0 Å². The minimum atomic E-state index is -3.41. The number of sulfone groups is 1. The number of hydrogen-bond acceptors (Lipinski definition) is 3. The van der Waals surface area contributed by atoms with Gasteiger partial charge in [-0.1, -0.05) is 58.4 Å². The summed E-state index contributed by atoms with van der Waals surface area (Å²) >= 11 is 0. The summed E-state index contributed by atoms with van der Waals surface area (Å²) in [7, 11) is -3.97. The second-order valence-electron chi connectivity index (χ2n) is 10.8. The molecule has 0 fully saturated rings. The van der Waals surface area contributed by atoms with Crippen molar-refractivity contribution in [3.05, 3.63) is 64.2 Å². The Hall–Kier alpha value is -1.59. The van der Waals surface area contributed by atoms with Crippen molar-refractivity contribution >= 4 is 26.5 Å². The van der Waals surface area contributed by atoms with Crippen LogP contribution in [0.2, 0.25) is 0 Å². The number of fused-ring (bicyclic) bond motifs is 1. The monoisotopic (exact) mass is 473 g/mol. The molecule has 0 saturated carbocycles. The van der Waals surface area contributed by atoms with Crippen molar-refractivity contribution in [3.8, 4) is 0 Å². The molecule has 0 amide bonds. The highest BCUT2D eigenvalue weighted by molar-refractivity contribution is 8.10. The van der Waals surface area contributed by atoms with E-state index in [2.05, 4.69) is 46.8 Å². The summed E-state index contributed by atoms with van der Waals surface area (Å²) in [5, 5.41) is 0.00181. The zero-order valence-corrected chi connectivity index (χ0v) is 22.3. The molecule has 0 bridgehead atoms. The van der Waals surface area contributed by atoms with Crippen LogP contribution in [-0.4, -0.2) is 31.3 Å². The Labute approximate surface area is 197 Å². The minimum absolute atomic E-state index is 0.00181. The van der Waals surface area contributed by atoms with Gasteiger partial charge in [0.25, 0.3) is 0 Å². The van der Waals surface area contributed by atoms with E-state index >= 15 is 0 Å². The number of aryl methyl sites for hydroxylation is 2. The smallest absolute Gasteiger partial charge is 0.224 e. The van der Waals surface area contributed by atoms with Crippen LogP contribution in [0.1, 0.15) is 73.7 Å². The van der Waals surface area contributed by atoms with Gasteiger partial charge in [-0.25, -0.2) is 8.42 Å². The molecule has 2 aromatic rings. The number of Topliss-reactive ketones (excluding diaryl/α,β-unsaturated/α-hetero) is 1. The van der Waals surface area contributed by atoms with Crippen LogP contribution in [0, 0.1) is 19.8 Å². The molecule has 0 spiro atoms. The van der Waals surface area contributed by atoms with Gasteiger partial charge in [0.15, 0.2) is 5.75 Å². The molecule has 5 heteroatoms. The molecule has 3 rings (SSSR count). The Kier molecular flexibility index (Phi) is 6.76. The van der Waals surface area contributed by atoms with E-state index in [0.29, 0.717) is 10.8 Å². The van der Waals surface area contributed by atoms with E-state index in [1.807, 2.05) is 32.2 Å². The summed E-state index contributed by atoms with van der Waals surface area (Å²) in [4.78, 5) is 13.6. The van der Waals surface area contributed by atoms with Crippen molar-refractivity contribution in [1.29, 1.82) is 0 Å². The minimum Gasteiger partial charge on any atom is -0.289 e. The molecule has 32 heavy (non-hydrogen) atoms. The zero-order chi connectivity index (χ0) is 24.1. The van der Waals surface area contributed by atoms with Gasteiger partial charge in [-0.3, -0.25) is 4.79 Å². The Morgan fingerprint density at radius 3 is 2.22 bits per heavy atom. The lowest BCUT2D eigenvalue weighted by Crippen LogP contribution is -2.40. The summed E-state index contributed by atoms with van der Waals surface area (Å²) < 4.78 is 25.6. The lowest BCUT2D eigenvalue weighted by Gasteiger charge is -2.47. The number of hydrogen-bond donors (Lipinski definition) is 0. The molecule has 0 radical (unpaired) electrons. The second-order valence-corrected chi connectivity index (χ2v) is 15.3. The standard InChI is InChI=1S/C27H37O3S2/c1-18-9-11-21(12-10-18)32(29,30)17-31(8)16-25(28)22-14-23-24(13-19(22)2)27(6,7)20(3)15-26(23,4)5/h9-14,20H,15-17H2,1-8H3/q+1. The first-order valence-corrected chi connectivity index (χ1v) is 14.8. The summed E-state index contributed by atoms with van der Waals surface area (Å²) in [5.74, 6) is 0.854. The molecule has 0 aromatic heterocycles. The normalized spacial score (nSPS) is 20.4. The van der Waals surface area contributed by atoms with E-state index in [1.54, 1.807) is 12.1 Å². The molecular formula is C27H37O3S2+. The van der Waals surface area contributed by atoms with Crippen LogP contribution in [0.3, 0.4) is 0 Å². The van der Waals surface area contributed by atoms with Gasteiger partial charge in [-0.2, -0.15) is 0 Å². The number of carbonyl (C=O) groups is 1. The average molecular weight is 474 g/mol. The maximum Gasteiger partial charge on any atom is 0.224 e. The van der Waals surface area contributed by atoms with Crippen LogP contribution in [0.15, 0.2) is 41.3 Å². The lowest BCUT2D eigenvalue weighted by atomic mass is 9.58. The molecule has 2 aromatic carbocycles. The molecule has 174 valence electrons. The summed E-state index contributed by atoms with van der Waals surface area (Å²) in [5.41, 5.74) is 5.44. The Bertz CT molecular complexity index is 1130. The number of benzene rings is 2. The Balaban J connectivity index is 1.85. The molecule has 0 saturated heterocycles. The third-order valence-electron chi connectivity index (χ3n) is 7.25. The third kappa shape index (κ3) is 4.84. The fourth-order valence-electron chi connectivity index (χ4n) is 4.92. The quantitative estimate of drug-likeness (QED) is 0.396. The van der Waals surface area contributed by atoms with Gasteiger partial charge in [0.1, 0.15) is 0 Å². The van der Waals surface area contributed by atoms with Crippen molar-refractivity contribution in [1.82, 2.24) is 0 Å². The first kappa shape index (κ1) is 25.0. The zero-order valence-electron chi connectivity index (χ0n) is 20.7. The number of ketones is 1. The van der Waals surface area contributed by atoms with Gasteiger partial charge in [0.2, 0.25) is 20.7 Å². The van der Waals surface area contributed by atoms with E-state index in [9.17, 15) is 13.2 Å². The van der Waals surface area contributed by atoms with E-state index in [4.69, 9.17) is 0 Å². The molecule has 1 aliphatic carbocycles. The molecule has 3 nitrogen and oxygen atoms in total. The summed E-state index contributed by atoms with van der Waals surface area (Å²) in [6.07, 6.45) is 2.96. The van der Waals surface area contributed by atoms with Gasteiger partial charge in [0, 0.05) is 16.5 Å². The van der Waals surface area contributed by atoms with Gasteiger partial charge < -0.3 is 0 Å². The topological polar surface area (TPSA) is 51.2 Å². The molecular weight excluding hydrogens is 436 g/mol. The summed E-state index contributed by atoms with van der Waals surface area (Å²) in [6, 6.07) is 11.2. The maximum absolute atomic E-state index is 13.3. The summed E-state index contributed by atoms with van der Waals surface area (Å²) in [6.45, 7) is 15.4. The molecule has 2 atom stereocenters. The van der Waals surface area contributed by atoms with Crippen LogP contribution in [0.25, 0.3) is 0 Å². The first-order valence-electron chi connectivity index (χ1n) is 11.2. The predicted molar refractivity (Wildman–Crippen MR) is 137 cm³/mol. The van der Waals surface area contributed by atoms with Gasteiger partial charge in [-0.05, 0) is 71.9 Å². The van der Waals surface area contributed by atoms with Crippen LogP contribution < -0.4 is 0 Å². The third-order valence-corrected chi connectivity index (χ3v) is 11.8. The van der Waals surface area contributed by atoms with Gasteiger partial charge in [0.05, 0.1) is 11.2 Å². The lowest BCUT2D eigenvalue weighted by molar-refractivity contribution is 0.102. The van der Waals surface area contributed by atoms with Crippen molar-refractivity contribution in [2.24, 2.45) is 5.92 Å². The number of carbonyl (C=O) groups excluding carboxylic acids is 1. The van der Waals surface area contributed by atoms with Gasteiger partial charge >= 0.3 is 0 Å². The van der Waals surface area contributed by atoms with E-state index in [0.717, 1.165) is 23.1 Å². The first-order chi connectivity index (χ1) is 14.6. The Morgan fingerprint density at radius 2 is 1.62 bits per heavy atom. The molecule has 0 heterocycles. The fourth-order valence-corrected chi connectivity index (χ4v) is 9.07. The van der Waals surface area contributed by atoms with E-state index < -0.39 is 20.7 Å². The largest absolute Gasteiger partial charge is 0.289 e. The highest BCUT2D eigenvalue weighted by atomic mass is 32.3. The second kappa shape index (κ2) is 8.64. The molecule has 1 aliphatic rings. The Morgan fingerprint density at radius 1 is 1.03 bits per heavy atom. The highest BCUT2D eigenvalue weighted by Gasteiger charge is 2.42. The maximum atomic E-state index is 13.3. The van der Waals surface area contributed by atoms with Crippen LogP contribution >= 0.6 is 0 Å². The van der Waals surface area contributed by atoms with Gasteiger partial charge in [-0.15, -0.1) is 0 Å². The van der Waals surface area contributed by atoms with Crippen molar-refractivity contribution in [3.63, 3.8) is 0 Å². The van der Waals surface area contributed by atoms with E-state index in [1.165, 1.54) is 11.1 Å². The van der Waals surface area contributed by atoms with Crippen molar-refractivity contribution < 1.29 is 13.2 Å².